The van der Waals surface area contributed by atoms with Crippen molar-refractivity contribution >= 4 is 21.9 Å². The van der Waals surface area contributed by atoms with Crippen LogP contribution in [0.15, 0.2) is 73.2 Å². The minimum Gasteiger partial charge on any atom is -0.296 e. The lowest BCUT2D eigenvalue weighted by molar-refractivity contribution is 1.00. The summed E-state index contributed by atoms with van der Waals surface area (Å²) in [6, 6.07) is 19.5. The van der Waals surface area contributed by atoms with Gasteiger partial charge in [-0.1, -0.05) is 17.9 Å². The smallest absolute Gasteiger partial charge is 0.111 e. The first-order valence-electron chi connectivity index (χ1n) is 9.43. The van der Waals surface area contributed by atoms with Crippen molar-refractivity contribution in [3.63, 3.8) is 0 Å². The van der Waals surface area contributed by atoms with Crippen LogP contribution in [-0.4, -0.2) is 19.5 Å². The number of aromatic nitrogens is 4. The number of rotatable bonds is 1. The molecule has 0 aliphatic heterocycles. The second-order valence-corrected chi connectivity index (χ2v) is 6.87. The van der Waals surface area contributed by atoms with E-state index in [1.165, 1.54) is 0 Å². The summed E-state index contributed by atoms with van der Waals surface area (Å²) in [5.41, 5.74) is 5.88. The topological polar surface area (TPSA) is 67.4 Å². The van der Waals surface area contributed by atoms with E-state index in [-0.39, 0.29) is 0 Å². The highest BCUT2D eigenvalue weighted by Crippen LogP contribution is 2.28. The third kappa shape index (κ3) is 3.05. The van der Waals surface area contributed by atoms with E-state index in [1.807, 2.05) is 55.5 Å². The fourth-order valence-corrected chi connectivity index (χ4v) is 3.56. The van der Waals surface area contributed by atoms with E-state index in [2.05, 4.69) is 32.4 Å². The minimum atomic E-state index is 0.607. The molecule has 5 nitrogen and oxygen atoms in total. The lowest BCUT2D eigenvalue weighted by Crippen LogP contribution is -1.98. The molecule has 0 N–H and O–H groups in total. The van der Waals surface area contributed by atoms with Gasteiger partial charge in [0, 0.05) is 34.6 Å². The van der Waals surface area contributed by atoms with Gasteiger partial charge < -0.3 is 0 Å². The zero-order valence-electron chi connectivity index (χ0n) is 16.2. The van der Waals surface area contributed by atoms with Gasteiger partial charge in [-0.3, -0.25) is 14.5 Å². The van der Waals surface area contributed by atoms with Crippen LogP contribution in [0.1, 0.15) is 22.5 Å². The maximum Gasteiger partial charge on any atom is 0.111 e. The zero-order valence-corrected chi connectivity index (χ0v) is 16.2. The van der Waals surface area contributed by atoms with Crippen molar-refractivity contribution in [2.75, 3.05) is 0 Å². The Labute approximate surface area is 173 Å². The molecule has 2 aromatic carbocycles. The summed E-state index contributed by atoms with van der Waals surface area (Å²) in [4.78, 5) is 13.4. The van der Waals surface area contributed by atoms with Crippen molar-refractivity contribution in [1.82, 2.24) is 19.5 Å². The number of nitrogens with zero attached hydrogens (tertiary/aromatic N) is 5. The number of fused-ring (bicyclic) bond motifs is 3. The van der Waals surface area contributed by atoms with Gasteiger partial charge in [-0.05, 0) is 55.5 Å². The number of nitriles is 1. The number of aryl methyl sites for hydroxylation is 1. The highest BCUT2D eigenvalue weighted by molar-refractivity contribution is 6.03. The Bertz CT molecular complexity index is 1510. The molecule has 0 aliphatic carbocycles. The van der Waals surface area contributed by atoms with Gasteiger partial charge in [-0.2, -0.15) is 5.26 Å². The van der Waals surface area contributed by atoms with Crippen LogP contribution >= 0.6 is 0 Å². The molecular formula is C25H15N5. The van der Waals surface area contributed by atoms with E-state index >= 15 is 0 Å². The van der Waals surface area contributed by atoms with Crippen molar-refractivity contribution in [3.8, 4) is 23.6 Å². The van der Waals surface area contributed by atoms with Crippen LogP contribution in [-0.2, 0) is 0 Å². The summed E-state index contributed by atoms with van der Waals surface area (Å²) in [5, 5.41) is 10.3. The number of imidazole rings is 1. The summed E-state index contributed by atoms with van der Waals surface area (Å²) in [6.45, 7) is 1.96. The molecule has 5 rings (SSSR count). The van der Waals surface area contributed by atoms with Crippen LogP contribution in [0.2, 0.25) is 0 Å². The van der Waals surface area contributed by atoms with E-state index in [0.717, 1.165) is 44.6 Å². The fraction of sp³-hybridized carbons (Fsp3) is 0.0400. The molecule has 5 aromatic rings. The highest BCUT2D eigenvalue weighted by atomic mass is 15.1. The molecule has 0 fully saturated rings. The molecule has 140 valence electrons. The number of benzene rings is 2. The molecule has 0 amide bonds. The standard InChI is InChI=1S/C25H15N5/c1-17-29-24-16-28-23-10-9-18(7-8-19-5-3-11-27-15-19)13-22(23)25(24)30(17)21-6-2-4-20(12-21)14-26/h2-6,9-13,15-16H,1H3. The zero-order chi connectivity index (χ0) is 20.5. The number of hydrogen-bond acceptors (Lipinski definition) is 4. The largest absolute Gasteiger partial charge is 0.296 e. The van der Waals surface area contributed by atoms with Gasteiger partial charge in [-0.25, -0.2) is 4.98 Å². The molecule has 0 radical (unpaired) electrons. The summed E-state index contributed by atoms with van der Waals surface area (Å²) in [7, 11) is 0. The van der Waals surface area contributed by atoms with E-state index in [4.69, 9.17) is 4.98 Å². The minimum absolute atomic E-state index is 0.607. The van der Waals surface area contributed by atoms with Crippen LogP contribution in [0.25, 0.3) is 27.6 Å². The van der Waals surface area contributed by atoms with E-state index < -0.39 is 0 Å². The average molecular weight is 385 g/mol. The Morgan fingerprint density at radius 1 is 0.867 bits per heavy atom. The van der Waals surface area contributed by atoms with Gasteiger partial charge in [-0.15, -0.1) is 0 Å². The first-order chi connectivity index (χ1) is 14.7. The molecule has 3 aromatic heterocycles. The van der Waals surface area contributed by atoms with Crippen LogP contribution in [0, 0.1) is 30.1 Å². The number of hydrogen-bond donors (Lipinski definition) is 0. The van der Waals surface area contributed by atoms with Gasteiger partial charge in [0.05, 0.1) is 28.9 Å². The fourth-order valence-electron chi connectivity index (χ4n) is 3.56. The Hall–Kier alpha value is -4.48. The third-order valence-corrected chi connectivity index (χ3v) is 4.90. The predicted molar refractivity (Wildman–Crippen MR) is 116 cm³/mol. The maximum atomic E-state index is 9.30. The predicted octanol–water partition coefficient (Wildman–Crippen LogP) is 4.55. The molecule has 3 heterocycles. The van der Waals surface area contributed by atoms with Crippen molar-refractivity contribution in [3.05, 3.63) is 95.7 Å². The monoisotopic (exact) mass is 385 g/mol. The first-order valence-corrected chi connectivity index (χ1v) is 9.43. The van der Waals surface area contributed by atoms with E-state index in [0.29, 0.717) is 5.56 Å². The van der Waals surface area contributed by atoms with Gasteiger partial charge in [0.15, 0.2) is 0 Å². The molecule has 0 atom stereocenters. The molecule has 0 unspecified atom stereocenters. The molecule has 0 saturated carbocycles. The summed E-state index contributed by atoms with van der Waals surface area (Å²) in [6.07, 6.45) is 5.26. The lowest BCUT2D eigenvalue weighted by atomic mass is 10.1. The second kappa shape index (κ2) is 7.16. The van der Waals surface area contributed by atoms with Gasteiger partial charge in [0.2, 0.25) is 0 Å². The van der Waals surface area contributed by atoms with Gasteiger partial charge in [0.1, 0.15) is 11.3 Å². The summed E-state index contributed by atoms with van der Waals surface area (Å²) in [5.74, 6) is 7.19. The van der Waals surface area contributed by atoms with Crippen LogP contribution in [0.3, 0.4) is 0 Å². The average Bonchev–Trinajstić information content (AvgIpc) is 3.14. The third-order valence-electron chi connectivity index (χ3n) is 4.90. The SMILES string of the molecule is Cc1nc2cnc3ccc(C#Cc4cccnc4)cc3c2n1-c1cccc(C#N)c1. The van der Waals surface area contributed by atoms with Gasteiger partial charge >= 0.3 is 0 Å². The van der Waals surface area contributed by atoms with Crippen molar-refractivity contribution in [2.45, 2.75) is 6.92 Å². The van der Waals surface area contributed by atoms with Crippen molar-refractivity contribution in [1.29, 1.82) is 5.26 Å². The molecule has 0 spiro atoms. The molecule has 30 heavy (non-hydrogen) atoms. The Morgan fingerprint density at radius 3 is 2.57 bits per heavy atom. The normalized spacial score (nSPS) is 10.5. The van der Waals surface area contributed by atoms with Crippen LogP contribution < -0.4 is 0 Å². The van der Waals surface area contributed by atoms with Crippen molar-refractivity contribution < 1.29 is 0 Å². The number of pyridine rings is 2. The Kier molecular flexibility index (Phi) is 4.20. The second-order valence-electron chi connectivity index (χ2n) is 6.87. The first kappa shape index (κ1) is 17.6. The van der Waals surface area contributed by atoms with Crippen molar-refractivity contribution in [2.24, 2.45) is 0 Å². The summed E-state index contributed by atoms with van der Waals surface area (Å²) >= 11 is 0. The van der Waals surface area contributed by atoms with Gasteiger partial charge in [0.25, 0.3) is 0 Å². The quantitative estimate of drug-likeness (QED) is 0.397. The summed E-state index contributed by atoms with van der Waals surface area (Å²) < 4.78 is 2.07. The molecule has 5 heteroatoms. The maximum absolute atomic E-state index is 9.30. The Balaban J connectivity index is 1.74. The molecular weight excluding hydrogens is 370 g/mol. The molecule has 0 saturated heterocycles. The Morgan fingerprint density at radius 2 is 1.73 bits per heavy atom. The highest BCUT2D eigenvalue weighted by Gasteiger charge is 2.14. The van der Waals surface area contributed by atoms with E-state index in [9.17, 15) is 5.26 Å². The lowest BCUT2D eigenvalue weighted by Gasteiger charge is -2.09. The van der Waals surface area contributed by atoms with Crippen LogP contribution in [0.5, 0.6) is 0 Å². The molecule has 0 bridgehead atoms. The van der Waals surface area contributed by atoms with E-state index in [1.54, 1.807) is 24.7 Å². The molecule has 0 aliphatic rings. The van der Waals surface area contributed by atoms with Crippen LogP contribution in [0.4, 0.5) is 0 Å².